The van der Waals surface area contributed by atoms with E-state index in [9.17, 15) is 18.0 Å². The van der Waals surface area contributed by atoms with Gasteiger partial charge >= 0.3 is 6.18 Å². The highest BCUT2D eigenvalue weighted by Gasteiger charge is 2.35. The van der Waals surface area contributed by atoms with Crippen LogP contribution in [0.25, 0.3) is 11.3 Å². The van der Waals surface area contributed by atoms with Crippen LogP contribution in [0.5, 0.6) is 17.4 Å². The predicted molar refractivity (Wildman–Crippen MR) is 103 cm³/mol. The maximum Gasteiger partial charge on any atom is 0.421 e. The summed E-state index contributed by atoms with van der Waals surface area (Å²) in [6.45, 7) is 1.90. The number of nitrogens with zero attached hydrogens (tertiary/aromatic N) is 2. The van der Waals surface area contributed by atoms with Gasteiger partial charge in [-0.3, -0.25) is 9.78 Å². The monoisotopic (exact) mass is 417 g/mol. The second-order valence-electron chi connectivity index (χ2n) is 6.29. The Hall–Kier alpha value is -3.62. The molecule has 0 aliphatic heterocycles. The van der Waals surface area contributed by atoms with Crippen molar-refractivity contribution in [2.45, 2.75) is 19.5 Å². The molecule has 30 heavy (non-hydrogen) atoms. The summed E-state index contributed by atoms with van der Waals surface area (Å²) in [4.78, 5) is 19.5. The lowest BCUT2D eigenvalue weighted by molar-refractivity contribution is -0.139. The number of alkyl halides is 3. The molecule has 6 nitrogen and oxygen atoms in total. The summed E-state index contributed by atoms with van der Waals surface area (Å²) >= 11 is 0. The molecule has 2 aromatic heterocycles. The van der Waals surface area contributed by atoms with Crippen molar-refractivity contribution >= 4 is 5.91 Å². The fraction of sp³-hybridized carbons (Fsp3) is 0.190. The summed E-state index contributed by atoms with van der Waals surface area (Å²) in [6, 6.07) is 9.03. The van der Waals surface area contributed by atoms with Gasteiger partial charge in [0.2, 0.25) is 11.8 Å². The van der Waals surface area contributed by atoms with Gasteiger partial charge in [-0.1, -0.05) is 13.0 Å². The average Bonchev–Trinajstić information content (AvgIpc) is 2.72. The number of aromatic nitrogens is 2. The number of methoxy groups -OCH3 is 1. The average molecular weight is 417 g/mol. The molecule has 0 saturated carbocycles. The van der Waals surface area contributed by atoms with Gasteiger partial charge in [0.15, 0.2) is 0 Å². The highest BCUT2D eigenvalue weighted by molar-refractivity contribution is 5.95. The lowest BCUT2D eigenvalue weighted by Gasteiger charge is -2.13. The third kappa shape index (κ3) is 4.51. The summed E-state index contributed by atoms with van der Waals surface area (Å²) in [5, 5.41) is 0. The Morgan fingerprint density at radius 1 is 1.10 bits per heavy atom. The first-order valence-electron chi connectivity index (χ1n) is 8.91. The zero-order valence-electron chi connectivity index (χ0n) is 16.2. The first-order chi connectivity index (χ1) is 14.2. The molecular formula is C21H18F3N3O3. The highest BCUT2D eigenvalue weighted by Crippen LogP contribution is 2.38. The number of nitrogens with two attached hydrogens (primary N) is 1. The van der Waals surface area contributed by atoms with E-state index in [0.717, 1.165) is 24.9 Å². The second-order valence-corrected chi connectivity index (χ2v) is 6.29. The van der Waals surface area contributed by atoms with Crippen LogP contribution < -0.4 is 15.2 Å². The van der Waals surface area contributed by atoms with E-state index in [2.05, 4.69) is 14.7 Å². The first-order valence-corrected chi connectivity index (χ1v) is 8.91. The molecule has 0 saturated heterocycles. The van der Waals surface area contributed by atoms with Crippen molar-refractivity contribution in [1.82, 2.24) is 9.97 Å². The van der Waals surface area contributed by atoms with E-state index in [4.69, 9.17) is 10.5 Å². The minimum absolute atomic E-state index is 0.0985. The summed E-state index contributed by atoms with van der Waals surface area (Å²) < 4.78 is 49.8. The number of aryl methyl sites for hydroxylation is 1. The molecule has 1 amide bonds. The fourth-order valence-corrected chi connectivity index (χ4v) is 2.91. The normalized spacial score (nSPS) is 11.2. The number of ether oxygens (including phenoxy) is 2. The molecule has 0 aliphatic carbocycles. The second kappa shape index (κ2) is 8.40. The van der Waals surface area contributed by atoms with Gasteiger partial charge in [-0.05, 0) is 30.2 Å². The molecule has 0 spiro atoms. The molecule has 2 N–H and O–H groups in total. The molecule has 3 rings (SSSR count). The Balaban J connectivity index is 1.93. The van der Waals surface area contributed by atoms with E-state index < -0.39 is 23.5 Å². The molecular weight excluding hydrogens is 399 g/mol. The van der Waals surface area contributed by atoms with Crippen LogP contribution in [0, 0.1) is 0 Å². The largest absolute Gasteiger partial charge is 0.481 e. The number of halogens is 3. The maximum absolute atomic E-state index is 13.2. The Morgan fingerprint density at radius 2 is 1.87 bits per heavy atom. The quantitative estimate of drug-likeness (QED) is 0.632. The zero-order chi connectivity index (χ0) is 21.9. The molecule has 156 valence electrons. The van der Waals surface area contributed by atoms with E-state index in [-0.39, 0.29) is 11.5 Å². The summed E-state index contributed by atoms with van der Waals surface area (Å²) in [7, 11) is 1.11. The van der Waals surface area contributed by atoms with Gasteiger partial charge in [-0.25, -0.2) is 4.98 Å². The lowest BCUT2D eigenvalue weighted by atomic mass is 9.99. The molecule has 0 aliphatic rings. The van der Waals surface area contributed by atoms with Crippen LogP contribution in [0.4, 0.5) is 13.2 Å². The standard InChI is InChI=1S/C21H18F3N3O3/c1-3-12-8-13(4-5-16(12)19(25)28)18-10-14(6-7-26-18)30-15-9-17(21(22,23)24)20(29-2)27-11-15/h4-11H,3H2,1-2H3,(H2,25,28). The number of hydrogen-bond donors (Lipinski definition) is 1. The lowest BCUT2D eigenvalue weighted by Crippen LogP contribution is -2.13. The number of pyridine rings is 2. The van der Waals surface area contributed by atoms with E-state index in [0.29, 0.717) is 23.2 Å². The van der Waals surface area contributed by atoms with Crippen molar-refractivity contribution in [2.24, 2.45) is 5.73 Å². The first kappa shape index (κ1) is 21.1. The number of hydrogen-bond acceptors (Lipinski definition) is 5. The smallest absolute Gasteiger partial charge is 0.421 e. The number of carbonyl (C=O) groups excluding carboxylic acids is 1. The van der Waals surface area contributed by atoms with Gasteiger partial charge in [0.25, 0.3) is 0 Å². The highest BCUT2D eigenvalue weighted by atomic mass is 19.4. The Morgan fingerprint density at radius 3 is 2.50 bits per heavy atom. The van der Waals surface area contributed by atoms with Gasteiger partial charge in [0.05, 0.1) is 19.0 Å². The van der Waals surface area contributed by atoms with Crippen LogP contribution in [0.3, 0.4) is 0 Å². The molecule has 0 unspecified atom stereocenters. The fourth-order valence-electron chi connectivity index (χ4n) is 2.91. The van der Waals surface area contributed by atoms with Gasteiger partial charge < -0.3 is 15.2 Å². The van der Waals surface area contributed by atoms with Crippen molar-refractivity contribution in [3.8, 4) is 28.6 Å². The third-order valence-electron chi connectivity index (χ3n) is 4.34. The molecule has 3 aromatic rings. The Bertz CT molecular complexity index is 1080. The molecule has 0 fully saturated rings. The summed E-state index contributed by atoms with van der Waals surface area (Å²) in [5.74, 6) is -0.876. The van der Waals surface area contributed by atoms with Crippen LogP contribution in [0.2, 0.25) is 0 Å². The SMILES string of the molecule is CCc1cc(-c2cc(Oc3cnc(OC)c(C(F)(F)F)c3)ccn2)ccc1C(N)=O. The predicted octanol–water partition coefficient (Wildman–Crippen LogP) is 4.62. The van der Waals surface area contributed by atoms with Crippen LogP contribution in [0.1, 0.15) is 28.4 Å². The summed E-state index contributed by atoms with van der Waals surface area (Å²) in [5.41, 5.74) is 6.78. The van der Waals surface area contributed by atoms with E-state index in [1.807, 2.05) is 6.92 Å². The van der Waals surface area contributed by atoms with Crippen molar-refractivity contribution in [2.75, 3.05) is 7.11 Å². The minimum Gasteiger partial charge on any atom is -0.481 e. The summed E-state index contributed by atoms with van der Waals surface area (Å²) in [6.07, 6.45) is -1.43. The topological polar surface area (TPSA) is 87.3 Å². The Labute approximate surface area is 170 Å². The van der Waals surface area contributed by atoms with Gasteiger partial charge in [0.1, 0.15) is 17.1 Å². The van der Waals surface area contributed by atoms with Gasteiger partial charge in [-0.15, -0.1) is 0 Å². The van der Waals surface area contributed by atoms with E-state index >= 15 is 0 Å². The zero-order valence-corrected chi connectivity index (χ0v) is 16.2. The van der Waals surface area contributed by atoms with Crippen LogP contribution in [-0.4, -0.2) is 23.0 Å². The number of primary amides is 1. The van der Waals surface area contributed by atoms with Crippen LogP contribution >= 0.6 is 0 Å². The van der Waals surface area contributed by atoms with E-state index in [1.165, 1.54) is 12.3 Å². The number of benzene rings is 1. The minimum atomic E-state index is -4.64. The third-order valence-corrected chi connectivity index (χ3v) is 4.34. The molecule has 2 heterocycles. The maximum atomic E-state index is 13.2. The van der Waals surface area contributed by atoms with Crippen LogP contribution in [0.15, 0.2) is 48.8 Å². The molecule has 9 heteroatoms. The molecule has 0 bridgehead atoms. The number of rotatable bonds is 6. The van der Waals surface area contributed by atoms with Gasteiger partial charge in [0, 0.05) is 29.5 Å². The van der Waals surface area contributed by atoms with Gasteiger partial charge in [-0.2, -0.15) is 13.2 Å². The number of amides is 1. The number of carbonyl (C=O) groups is 1. The van der Waals surface area contributed by atoms with Crippen molar-refractivity contribution < 1.29 is 27.4 Å². The van der Waals surface area contributed by atoms with E-state index in [1.54, 1.807) is 24.3 Å². The molecule has 0 atom stereocenters. The van der Waals surface area contributed by atoms with Crippen molar-refractivity contribution in [1.29, 1.82) is 0 Å². The van der Waals surface area contributed by atoms with Crippen LogP contribution in [-0.2, 0) is 12.6 Å². The molecule has 0 radical (unpaired) electrons. The molecule has 1 aromatic carbocycles. The van der Waals surface area contributed by atoms with Crippen molar-refractivity contribution in [3.05, 3.63) is 65.5 Å². The van der Waals surface area contributed by atoms with Crippen molar-refractivity contribution in [3.63, 3.8) is 0 Å². The Kier molecular flexibility index (Phi) is 5.91.